The van der Waals surface area contributed by atoms with E-state index >= 15 is 0 Å². The fourth-order valence-corrected chi connectivity index (χ4v) is 8.27. The van der Waals surface area contributed by atoms with E-state index in [0.717, 1.165) is 33.4 Å². The lowest BCUT2D eigenvalue weighted by Crippen LogP contribution is -2.64. The molecule has 19 nitrogen and oxygen atoms in total. The molecule has 0 spiro atoms. The van der Waals surface area contributed by atoms with Gasteiger partial charge in [0.1, 0.15) is 43.6 Å². The van der Waals surface area contributed by atoms with Crippen molar-refractivity contribution < 1.29 is 67.8 Å². The van der Waals surface area contributed by atoms with Crippen LogP contribution in [0.3, 0.4) is 0 Å². The zero-order valence-electron chi connectivity index (χ0n) is 39.5. The van der Waals surface area contributed by atoms with E-state index in [1.165, 1.54) is 6.92 Å². The summed E-state index contributed by atoms with van der Waals surface area (Å²) in [6, 6.07) is 30.1. The van der Waals surface area contributed by atoms with Crippen molar-refractivity contribution in [2.24, 2.45) is 0 Å². The number of benzene rings is 4. The van der Waals surface area contributed by atoms with Crippen molar-refractivity contribution in [3.63, 3.8) is 0 Å². The maximum absolute atomic E-state index is 13.7. The lowest BCUT2D eigenvalue weighted by molar-refractivity contribution is -0.270. The first-order valence-electron chi connectivity index (χ1n) is 23.7. The van der Waals surface area contributed by atoms with E-state index in [2.05, 4.69) is 26.6 Å². The Balaban J connectivity index is 1.01. The minimum absolute atomic E-state index is 0.0487. The molecule has 0 radical (unpaired) electrons. The Bertz CT molecular complexity index is 2330. The van der Waals surface area contributed by atoms with Crippen LogP contribution in [-0.4, -0.2) is 133 Å². The number of hydrogen-bond acceptors (Lipinski definition) is 14. The summed E-state index contributed by atoms with van der Waals surface area (Å²) in [7, 11) is 0. The minimum Gasteiger partial charge on any atom is -0.459 e. The number of carbonyl (C=O) groups is 6. The molecule has 8 N–H and O–H groups in total. The number of carbonyl (C=O) groups excluding carboxylic acids is 6. The molecule has 71 heavy (non-hydrogen) atoms. The highest BCUT2D eigenvalue weighted by atomic mass is 16.7. The van der Waals surface area contributed by atoms with Gasteiger partial charge in [-0.25, -0.2) is 9.59 Å². The van der Waals surface area contributed by atoms with Gasteiger partial charge in [-0.1, -0.05) is 122 Å². The lowest BCUT2D eigenvalue weighted by atomic mass is 9.97. The van der Waals surface area contributed by atoms with Gasteiger partial charge in [-0.2, -0.15) is 0 Å². The molecule has 0 aromatic heterocycles. The number of esters is 1. The van der Waals surface area contributed by atoms with Gasteiger partial charge in [0, 0.05) is 26.0 Å². The van der Waals surface area contributed by atoms with E-state index in [0.29, 0.717) is 25.7 Å². The van der Waals surface area contributed by atoms with Crippen molar-refractivity contribution in [2.75, 3.05) is 39.5 Å². The van der Waals surface area contributed by atoms with Gasteiger partial charge in [0.2, 0.25) is 23.6 Å². The number of nitrogens with one attached hydrogen (secondary N) is 5. The van der Waals surface area contributed by atoms with Crippen LogP contribution in [-0.2, 0) is 60.9 Å². The number of amides is 5. The standard InChI is InChI=1S/C52H63N5O14/c1-33(59)55-46-48(63)47(62)43(28-58)71-51(46)68-25-15-3-2-14-24-53-44(60)26-41(57-52(66)70-31-40-38-22-12-10-20-36(38)37-21-11-13-23-39(37)40)49(64)54-27-45(61)56-42(32-67-29-34-16-6-4-7-17-34)50(65)69-30-35-18-8-5-9-19-35/h4-13,16-23,40-43,46-48,51,58,62-63H,2-3,14-15,24-32H2,1H3,(H,53,60)(H,54,64)(H,55,59)(H,56,61)(H,57,66)/t41-,42+,43+,46+,47+,48+,51+/m0/s1. The first-order valence-corrected chi connectivity index (χ1v) is 23.7. The molecular formula is C52H63N5O14. The van der Waals surface area contributed by atoms with Crippen molar-refractivity contribution in [1.29, 1.82) is 0 Å². The highest BCUT2D eigenvalue weighted by Crippen LogP contribution is 2.44. The fraction of sp³-hybridized carbons (Fsp3) is 0.423. The number of aliphatic hydroxyl groups is 3. The second kappa shape index (κ2) is 27.6. The first-order chi connectivity index (χ1) is 34.4. The molecule has 1 fully saturated rings. The number of hydrogen-bond donors (Lipinski definition) is 8. The molecule has 6 rings (SSSR count). The van der Waals surface area contributed by atoms with E-state index in [9.17, 15) is 44.1 Å². The molecule has 5 amide bonds. The van der Waals surface area contributed by atoms with Crippen LogP contribution in [0.4, 0.5) is 4.79 Å². The molecule has 380 valence electrons. The van der Waals surface area contributed by atoms with Gasteiger partial charge in [0.25, 0.3) is 0 Å². The highest BCUT2D eigenvalue weighted by molar-refractivity contribution is 5.94. The van der Waals surface area contributed by atoms with Crippen molar-refractivity contribution >= 4 is 35.7 Å². The molecule has 0 saturated carbocycles. The molecule has 1 aliphatic carbocycles. The predicted molar refractivity (Wildman–Crippen MR) is 257 cm³/mol. The van der Waals surface area contributed by atoms with Crippen LogP contribution in [0.5, 0.6) is 0 Å². The third-order valence-electron chi connectivity index (χ3n) is 11.9. The van der Waals surface area contributed by atoms with Crippen molar-refractivity contribution in [3.8, 4) is 11.1 Å². The smallest absolute Gasteiger partial charge is 0.407 e. The predicted octanol–water partition coefficient (Wildman–Crippen LogP) is 2.48. The summed E-state index contributed by atoms with van der Waals surface area (Å²) in [4.78, 5) is 78.6. The van der Waals surface area contributed by atoms with Crippen LogP contribution >= 0.6 is 0 Å². The number of alkyl carbamates (subject to hydrolysis) is 1. The van der Waals surface area contributed by atoms with Crippen LogP contribution in [0.15, 0.2) is 109 Å². The summed E-state index contributed by atoms with van der Waals surface area (Å²) in [6.45, 7) is 0.281. The largest absolute Gasteiger partial charge is 0.459 e. The van der Waals surface area contributed by atoms with Crippen LogP contribution in [0.1, 0.15) is 67.2 Å². The molecule has 0 unspecified atom stereocenters. The molecule has 1 heterocycles. The van der Waals surface area contributed by atoms with Gasteiger partial charge in [-0.15, -0.1) is 0 Å². The quantitative estimate of drug-likeness (QED) is 0.0332. The van der Waals surface area contributed by atoms with E-state index in [1.54, 1.807) is 24.3 Å². The van der Waals surface area contributed by atoms with Gasteiger partial charge in [0.15, 0.2) is 12.3 Å². The minimum atomic E-state index is -1.47. The lowest BCUT2D eigenvalue weighted by Gasteiger charge is -2.42. The molecule has 1 saturated heterocycles. The summed E-state index contributed by atoms with van der Waals surface area (Å²) >= 11 is 0. The number of aliphatic hydroxyl groups excluding tert-OH is 3. The Morgan fingerprint density at radius 2 is 1.30 bits per heavy atom. The molecule has 4 aromatic rings. The Kier molecular flexibility index (Phi) is 20.8. The second-order valence-corrected chi connectivity index (χ2v) is 17.2. The van der Waals surface area contributed by atoms with Crippen LogP contribution in [0.2, 0.25) is 0 Å². The third kappa shape index (κ3) is 16.1. The summed E-state index contributed by atoms with van der Waals surface area (Å²) in [6.07, 6.45) is -4.12. The molecular weight excluding hydrogens is 919 g/mol. The van der Waals surface area contributed by atoms with Crippen LogP contribution in [0.25, 0.3) is 11.1 Å². The van der Waals surface area contributed by atoms with Gasteiger partial charge >= 0.3 is 12.1 Å². The van der Waals surface area contributed by atoms with E-state index < -0.39 is 98.0 Å². The number of ether oxygens (including phenoxy) is 5. The first kappa shape index (κ1) is 53.6. The molecule has 2 aliphatic rings. The maximum Gasteiger partial charge on any atom is 0.407 e. The Labute approximate surface area is 411 Å². The van der Waals surface area contributed by atoms with Crippen LogP contribution < -0.4 is 26.6 Å². The second-order valence-electron chi connectivity index (χ2n) is 17.2. The zero-order valence-corrected chi connectivity index (χ0v) is 39.5. The average molecular weight is 982 g/mol. The Morgan fingerprint density at radius 1 is 0.676 bits per heavy atom. The summed E-state index contributed by atoms with van der Waals surface area (Å²) in [5, 5.41) is 43.1. The maximum atomic E-state index is 13.7. The molecule has 7 atom stereocenters. The monoisotopic (exact) mass is 981 g/mol. The zero-order chi connectivity index (χ0) is 50.5. The van der Waals surface area contributed by atoms with E-state index in [4.69, 9.17) is 23.7 Å². The molecule has 1 aliphatic heterocycles. The topological polar surface area (TPSA) is 269 Å². The highest BCUT2D eigenvalue weighted by Gasteiger charge is 2.45. The van der Waals surface area contributed by atoms with Crippen LogP contribution in [0, 0.1) is 0 Å². The third-order valence-corrected chi connectivity index (χ3v) is 11.9. The van der Waals surface area contributed by atoms with E-state index in [-0.39, 0.29) is 45.5 Å². The summed E-state index contributed by atoms with van der Waals surface area (Å²) in [5.41, 5.74) is 5.59. The van der Waals surface area contributed by atoms with Gasteiger partial charge in [0.05, 0.1) is 32.8 Å². The Morgan fingerprint density at radius 3 is 1.94 bits per heavy atom. The van der Waals surface area contributed by atoms with Gasteiger partial charge < -0.3 is 65.6 Å². The van der Waals surface area contributed by atoms with Crippen molar-refractivity contribution in [1.82, 2.24) is 26.6 Å². The Hall–Kier alpha value is -6.74. The molecule has 4 aromatic carbocycles. The van der Waals surface area contributed by atoms with Crippen molar-refractivity contribution in [3.05, 3.63) is 131 Å². The van der Waals surface area contributed by atoms with Gasteiger partial charge in [-0.3, -0.25) is 19.2 Å². The molecule has 19 heteroatoms. The number of unbranched alkanes of at least 4 members (excludes halogenated alkanes) is 3. The fourth-order valence-electron chi connectivity index (χ4n) is 8.27. The summed E-state index contributed by atoms with van der Waals surface area (Å²) in [5.74, 6) is -3.68. The average Bonchev–Trinajstić information content (AvgIpc) is 3.70. The summed E-state index contributed by atoms with van der Waals surface area (Å²) < 4.78 is 28.3. The normalized spacial score (nSPS) is 19.0. The number of rotatable bonds is 26. The van der Waals surface area contributed by atoms with Crippen molar-refractivity contribution in [2.45, 2.75) is 101 Å². The molecule has 0 bridgehead atoms. The SMILES string of the molecule is CC(=O)N[C@H]1[C@H](OCCCCCCNC(=O)C[C@H](NC(=O)OCC2c3ccccc3-c3ccccc32)C(=O)NCC(=O)N[C@H](COCc2ccccc2)C(=O)OCc2ccccc2)O[C@H](CO)[C@@H](O)[C@@H]1O. The number of fused-ring (bicyclic) bond motifs is 3. The van der Waals surface area contributed by atoms with Gasteiger partial charge in [-0.05, 0) is 46.2 Å². The van der Waals surface area contributed by atoms with E-state index in [1.807, 2.05) is 84.9 Å².